The van der Waals surface area contributed by atoms with Crippen molar-refractivity contribution >= 4 is 17.6 Å². The van der Waals surface area contributed by atoms with E-state index in [4.69, 9.17) is 0 Å². The number of fused-ring (bicyclic) bond motifs is 2. The topological polar surface area (TPSA) is 87.1 Å². The Labute approximate surface area is 219 Å². The average Bonchev–Trinajstić information content (AvgIpc) is 3.68. The molecule has 7 nitrogen and oxygen atoms in total. The zero-order valence-electron chi connectivity index (χ0n) is 21.1. The Bertz CT molecular complexity index is 1340. The summed E-state index contributed by atoms with van der Waals surface area (Å²) in [5, 5.41) is 23.7. The Balaban J connectivity index is 1.28. The van der Waals surface area contributed by atoms with Gasteiger partial charge in [-0.1, -0.05) is 6.07 Å². The molecule has 3 aromatic rings. The van der Waals surface area contributed by atoms with E-state index in [-0.39, 0.29) is 29.2 Å². The predicted octanol–water partition coefficient (Wildman–Crippen LogP) is 5.15. The van der Waals surface area contributed by atoms with Crippen LogP contribution < -0.4 is 10.2 Å². The van der Waals surface area contributed by atoms with E-state index in [2.05, 4.69) is 37.3 Å². The molecule has 0 amide bonds. The minimum absolute atomic E-state index is 0.0763. The molecule has 1 aromatic carbocycles. The smallest absolute Gasteiger partial charge is 0.185 e. The lowest BCUT2D eigenvalue weighted by Crippen LogP contribution is -2.66. The number of phenolic OH excluding ortho intramolecular Hbond substituents is 1. The third-order valence-electron chi connectivity index (χ3n) is 8.09. The molecule has 1 aliphatic carbocycles. The molecule has 0 radical (unpaired) electrons. The van der Waals surface area contributed by atoms with Crippen LogP contribution >= 0.6 is 11.8 Å². The number of thioether (sulfide) groups is 1. The van der Waals surface area contributed by atoms with Crippen LogP contribution in [0.5, 0.6) is 5.75 Å². The largest absolute Gasteiger partial charge is 0.507 e. The van der Waals surface area contributed by atoms with Crippen molar-refractivity contribution in [2.45, 2.75) is 80.3 Å². The Morgan fingerprint density at radius 2 is 1.89 bits per heavy atom. The van der Waals surface area contributed by atoms with Gasteiger partial charge in [0.2, 0.25) is 0 Å². The number of nitrogens with zero attached hydrogens (tertiary/aromatic N) is 5. The number of aromatic hydroxyl groups is 1. The van der Waals surface area contributed by atoms with Gasteiger partial charge < -0.3 is 15.3 Å². The summed E-state index contributed by atoms with van der Waals surface area (Å²) >= 11 is 1.41. The molecule has 4 heterocycles. The number of hydrogen-bond acceptors (Lipinski definition) is 8. The summed E-state index contributed by atoms with van der Waals surface area (Å²) in [6.45, 7) is 4.17. The minimum Gasteiger partial charge on any atom is -0.507 e. The third kappa shape index (κ3) is 4.33. The van der Waals surface area contributed by atoms with Crippen LogP contribution in [-0.4, -0.2) is 60.9 Å². The van der Waals surface area contributed by atoms with Crippen molar-refractivity contribution in [2.24, 2.45) is 0 Å². The van der Waals surface area contributed by atoms with Crippen molar-refractivity contribution in [3.05, 3.63) is 42.5 Å². The van der Waals surface area contributed by atoms with Crippen molar-refractivity contribution in [2.75, 3.05) is 11.2 Å². The molecule has 1 saturated carbocycles. The van der Waals surface area contributed by atoms with Gasteiger partial charge in [-0.2, -0.15) is 0 Å². The van der Waals surface area contributed by atoms with Crippen LogP contribution in [0.3, 0.4) is 0 Å². The summed E-state index contributed by atoms with van der Waals surface area (Å²) in [7, 11) is 0. The molecule has 194 valence electrons. The highest BCUT2D eigenvalue weighted by molar-refractivity contribution is 7.98. The number of benzene rings is 1. The molecular weight excluding hydrogens is 494 g/mol. The van der Waals surface area contributed by atoms with Gasteiger partial charge in [-0.25, -0.2) is 18.7 Å². The van der Waals surface area contributed by atoms with Gasteiger partial charge in [-0.3, -0.25) is 0 Å². The second-order valence-electron chi connectivity index (χ2n) is 11.0. The molecular formula is C27H30F2N6OS. The molecule has 2 bridgehead atoms. The molecule has 3 aliphatic rings. The van der Waals surface area contributed by atoms with Gasteiger partial charge in [0, 0.05) is 22.7 Å². The molecule has 2 aliphatic heterocycles. The SMILES string of the molecule is CSc1cc(-c2ccc(-c3ncc(N(C4CC4)[C@@H]4C[C@@]5(C)CC[C@](C)(N5)[C@@H]4F)nn3)c(O)c2)c(F)cn1. The molecule has 2 N–H and O–H groups in total. The number of alkyl halides is 1. The standard InChI is InChI=1S/C27H30F2N6OS/c1-26-8-9-27(2,34-26)24(29)20(12-26)35(16-5-6-16)22-14-31-25(33-32-22)17-7-4-15(10-21(17)36)18-11-23(37-3)30-13-19(18)28/h4,7,10-11,13-14,16,20,24,34,36H,5-6,8-9,12H2,1-3H3/t20-,24-,26-,27+/m1/s1. The van der Waals surface area contributed by atoms with Crippen LogP contribution in [0.4, 0.5) is 14.6 Å². The van der Waals surface area contributed by atoms with E-state index < -0.39 is 17.5 Å². The molecule has 37 heavy (non-hydrogen) atoms. The van der Waals surface area contributed by atoms with E-state index in [1.54, 1.807) is 24.4 Å². The Morgan fingerprint density at radius 1 is 1.08 bits per heavy atom. The van der Waals surface area contributed by atoms with Crippen LogP contribution in [0.25, 0.3) is 22.5 Å². The van der Waals surface area contributed by atoms with Crippen molar-refractivity contribution in [1.82, 2.24) is 25.5 Å². The predicted molar refractivity (Wildman–Crippen MR) is 140 cm³/mol. The van der Waals surface area contributed by atoms with Crippen LogP contribution in [0.1, 0.15) is 46.0 Å². The monoisotopic (exact) mass is 524 g/mol. The number of nitrogens with one attached hydrogen (secondary N) is 1. The second-order valence-corrected chi connectivity index (χ2v) is 11.8. The van der Waals surface area contributed by atoms with Gasteiger partial charge in [0.05, 0.1) is 29.0 Å². The van der Waals surface area contributed by atoms with E-state index in [9.17, 15) is 9.50 Å². The molecule has 3 fully saturated rings. The minimum atomic E-state index is -1.03. The lowest BCUT2D eigenvalue weighted by Gasteiger charge is -2.48. The maximum absolute atomic E-state index is 15.8. The normalized spacial score (nSPS) is 28.9. The fourth-order valence-electron chi connectivity index (χ4n) is 6.07. The summed E-state index contributed by atoms with van der Waals surface area (Å²) in [6.07, 6.45) is 8.13. The summed E-state index contributed by atoms with van der Waals surface area (Å²) < 4.78 is 30.2. The number of piperidine rings is 1. The van der Waals surface area contributed by atoms with E-state index in [1.807, 2.05) is 13.2 Å². The van der Waals surface area contributed by atoms with Crippen molar-refractivity contribution < 1.29 is 13.9 Å². The quantitative estimate of drug-likeness (QED) is 0.429. The van der Waals surface area contributed by atoms with E-state index in [0.29, 0.717) is 34.0 Å². The lowest BCUT2D eigenvalue weighted by atomic mass is 9.82. The lowest BCUT2D eigenvalue weighted by molar-refractivity contribution is 0.0831. The van der Waals surface area contributed by atoms with Gasteiger partial charge in [0.15, 0.2) is 11.6 Å². The zero-order valence-corrected chi connectivity index (χ0v) is 21.9. The summed E-state index contributed by atoms with van der Waals surface area (Å²) in [5.74, 6) is 0.275. The van der Waals surface area contributed by atoms with E-state index in [1.165, 1.54) is 24.0 Å². The van der Waals surface area contributed by atoms with Crippen LogP contribution in [-0.2, 0) is 0 Å². The van der Waals surface area contributed by atoms with Gasteiger partial charge in [0.1, 0.15) is 17.7 Å². The van der Waals surface area contributed by atoms with Crippen LogP contribution in [0.2, 0.25) is 0 Å². The summed E-state index contributed by atoms with van der Waals surface area (Å²) in [4.78, 5) is 10.6. The Morgan fingerprint density at radius 3 is 2.57 bits per heavy atom. The Hall–Kier alpha value is -2.85. The highest BCUT2D eigenvalue weighted by Gasteiger charge is 2.58. The van der Waals surface area contributed by atoms with Crippen LogP contribution in [0, 0.1) is 5.82 Å². The molecule has 0 unspecified atom stereocenters. The Kier molecular flexibility index (Phi) is 5.87. The van der Waals surface area contributed by atoms with Crippen molar-refractivity contribution in [3.63, 3.8) is 0 Å². The number of pyridine rings is 1. The summed E-state index contributed by atoms with van der Waals surface area (Å²) in [6, 6.07) is 6.46. The molecule has 0 spiro atoms. The highest BCUT2D eigenvalue weighted by atomic mass is 32.2. The van der Waals surface area contributed by atoms with E-state index >= 15 is 4.39 Å². The number of halogens is 2. The highest BCUT2D eigenvalue weighted by Crippen LogP contribution is 2.48. The molecule has 4 atom stereocenters. The van der Waals surface area contributed by atoms with Crippen LogP contribution in [0.15, 0.2) is 41.7 Å². The first-order chi connectivity index (χ1) is 17.7. The summed E-state index contributed by atoms with van der Waals surface area (Å²) in [5.41, 5.74) is 0.647. The number of hydrogen-bond donors (Lipinski definition) is 2. The van der Waals surface area contributed by atoms with Crippen molar-refractivity contribution in [1.29, 1.82) is 0 Å². The second kappa shape index (κ2) is 8.87. The van der Waals surface area contributed by atoms with Gasteiger partial charge in [-0.05, 0) is 76.0 Å². The number of phenols is 1. The molecule has 2 saturated heterocycles. The number of aromatic nitrogens is 4. The first-order valence-corrected chi connectivity index (χ1v) is 13.9. The van der Waals surface area contributed by atoms with Gasteiger partial charge in [-0.15, -0.1) is 22.0 Å². The van der Waals surface area contributed by atoms with Crippen molar-refractivity contribution in [3.8, 4) is 28.3 Å². The zero-order chi connectivity index (χ0) is 25.9. The van der Waals surface area contributed by atoms with Gasteiger partial charge >= 0.3 is 0 Å². The maximum Gasteiger partial charge on any atom is 0.185 e. The third-order valence-corrected chi connectivity index (χ3v) is 8.73. The van der Waals surface area contributed by atoms with Gasteiger partial charge in [0.25, 0.3) is 0 Å². The fourth-order valence-corrected chi connectivity index (χ4v) is 6.46. The fraction of sp³-hybridized carbons (Fsp3) is 0.481. The van der Waals surface area contributed by atoms with E-state index in [0.717, 1.165) is 25.7 Å². The molecule has 10 heteroatoms. The first-order valence-electron chi connectivity index (χ1n) is 12.6. The molecule has 6 rings (SSSR count). The number of anilines is 1. The maximum atomic E-state index is 15.8. The number of rotatable bonds is 6. The molecule has 2 aromatic heterocycles. The first kappa shape index (κ1) is 24.5. The average molecular weight is 525 g/mol.